The third-order valence-electron chi connectivity index (χ3n) is 3.10. The molecule has 1 aromatic rings. The summed E-state index contributed by atoms with van der Waals surface area (Å²) in [6.07, 6.45) is 0.628. The Morgan fingerprint density at radius 1 is 1.38 bits per heavy atom. The first-order chi connectivity index (χ1) is 7.68. The van der Waals surface area contributed by atoms with Gasteiger partial charge in [-0.25, -0.2) is 4.39 Å². The van der Waals surface area contributed by atoms with Crippen LogP contribution in [0.15, 0.2) is 24.3 Å². The van der Waals surface area contributed by atoms with Gasteiger partial charge in [0.15, 0.2) is 0 Å². The lowest BCUT2D eigenvalue weighted by molar-refractivity contribution is -0.122. The van der Waals surface area contributed by atoms with Crippen LogP contribution in [-0.4, -0.2) is 19.0 Å². The van der Waals surface area contributed by atoms with Crippen molar-refractivity contribution in [3.05, 3.63) is 35.6 Å². The second-order valence-electron chi connectivity index (χ2n) is 4.21. The molecule has 0 aromatic heterocycles. The molecule has 1 aliphatic rings. The molecule has 3 N–H and O–H groups in total. The third kappa shape index (κ3) is 2.22. The predicted octanol–water partition coefficient (Wildman–Crippen LogP) is 1.00. The van der Waals surface area contributed by atoms with Gasteiger partial charge in [0.2, 0.25) is 5.91 Å². The van der Waals surface area contributed by atoms with Crippen molar-refractivity contribution in [2.24, 2.45) is 11.7 Å². The molecule has 4 heteroatoms. The van der Waals surface area contributed by atoms with Crippen LogP contribution in [0.25, 0.3) is 0 Å². The maximum absolute atomic E-state index is 13.6. The van der Waals surface area contributed by atoms with Gasteiger partial charge in [0.1, 0.15) is 5.82 Å². The molecule has 0 saturated carbocycles. The Morgan fingerprint density at radius 2 is 2.12 bits per heavy atom. The van der Waals surface area contributed by atoms with Crippen LogP contribution in [0.4, 0.5) is 4.39 Å². The molecule has 3 nitrogen and oxygen atoms in total. The summed E-state index contributed by atoms with van der Waals surface area (Å²) < 4.78 is 13.6. The Morgan fingerprint density at radius 3 is 2.81 bits per heavy atom. The minimum Gasteiger partial charge on any atom is -0.369 e. The lowest BCUT2D eigenvalue weighted by Crippen LogP contribution is -2.41. The van der Waals surface area contributed by atoms with Crippen molar-refractivity contribution >= 4 is 5.91 Å². The topological polar surface area (TPSA) is 55.1 Å². The summed E-state index contributed by atoms with van der Waals surface area (Å²) in [7, 11) is 0. The van der Waals surface area contributed by atoms with E-state index in [1.54, 1.807) is 12.1 Å². The van der Waals surface area contributed by atoms with Crippen molar-refractivity contribution in [1.82, 2.24) is 5.32 Å². The van der Waals surface area contributed by atoms with Crippen molar-refractivity contribution in [3.8, 4) is 0 Å². The molecule has 86 valence electrons. The molecular weight excluding hydrogens is 207 g/mol. The first-order valence-corrected chi connectivity index (χ1v) is 5.43. The second kappa shape index (κ2) is 4.61. The first kappa shape index (κ1) is 11.1. The molecule has 0 spiro atoms. The van der Waals surface area contributed by atoms with E-state index in [1.807, 2.05) is 6.07 Å². The van der Waals surface area contributed by atoms with Gasteiger partial charge in [-0.2, -0.15) is 0 Å². The molecule has 1 heterocycles. The highest BCUT2D eigenvalue weighted by Gasteiger charge is 2.27. The van der Waals surface area contributed by atoms with Crippen molar-refractivity contribution in [3.63, 3.8) is 0 Å². The van der Waals surface area contributed by atoms with E-state index < -0.39 is 0 Å². The number of carbonyl (C=O) groups excluding carboxylic acids is 1. The first-order valence-electron chi connectivity index (χ1n) is 5.43. The Bertz CT molecular complexity index is 394. The number of carbonyl (C=O) groups is 1. The van der Waals surface area contributed by atoms with Crippen molar-refractivity contribution in [2.75, 3.05) is 13.1 Å². The zero-order valence-corrected chi connectivity index (χ0v) is 8.95. The fourth-order valence-electron chi connectivity index (χ4n) is 2.20. The number of piperidine rings is 1. The maximum atomic E-state index is 13.6. The van der Waals surface area contributed by atoms with Gasteiger partial charge in [-0.15, -0.1) is 0 Å². The van der Waals surface area contributed by atoms with Gasteiger partial charge in [0.25, 0.3) is 0 Å². The highest BCUT2D eigenvalue weighted by Crippen LogP contribution is 2.27. The van der Waals surface area contributed by atoms with Gasteiger partial charge >= 0.3 is 0 Å². The summed E-state index contributed by atoms with van der Waals surface area (Å²) in [6, 6.07) is 6.70. The van der Waals surface area contributed by atoms with Gasteiger partial charge in [0, 0.05) is 19.0 Å². The Balaban J connectivity index is 2.16. The number of rotatable bonds is 2. The molecule has 1 fully saturated rings. The third-order valence-corrected chi connectivity index (χ3v) is 3.10. The van der Waals surface area contributed by atoms with Crippen LogP contribution in [0, 0.1) is 11.7 Å². The molecular formula is C12H15FN2O. The average molecular weight is 222 g/mol. The number of hydrogen-bond acceptors (Lipinski definition) is 2. The summed E-state index contributed by atoms with van der Waals surface area (Å²) in [5.41, 5.74) is 5.94. The van der Waals surface area contributed by atoms with Crippen LogP contribution in [0.1, 0.15) is 17.9 Å². The van der Waals surface area contributed by atoms with Gasteiger partial charge in [-0.05, 0) is 18.1 Å². The SMILES string of the molecule is NC(=O)[C@@H]1CNC[C@@H](c2ccccc2F)C1. The maximum Gasteiger partial charge on any atom is 0.221 e. The minimum atomic E-state index is -0.312. The van der Waals surface area contributed by atoms with Gasteiger partial charge in [-0.1, -0.05) is 18.2 Å². The molecule has 2 rings (SSSR count). The molecule has 0 radical (unpaired) electrons. The minimum absolute atomic E-state index is 0.0347. The number of primary amides is 1. The molecule has 2 atom stereocenters. The summed E-state index contributed by atoms with van der Waals surface area (Å²) in [5, 5.41) is 3.12. The zero-order valence-electron chi connectivity index (χ0n) is 8.95. The standard InChI is InChI=1S/C12H15FN2O/c13-11-4-2-1-3-10(11)8-5-9(12(14)16)7-15-6-8/h1-4,8-9,15H,5-7H2,(H2,14,16)/t8-,9-/m0/s1. The van der Waals surface area contributed by atoms with E-state index in [0.29, 0.717) is 25.1 Å². The monoisotopic (exact) mass is 222 g/mol. The number of nitrogens with one attached hydrogen (secondary N) is 1. The van der Waals surface area contributed by atoms with E-state index in [2.05, 4.69) is 5.32 Å². The smallest absolute Gasteiger partial charge is 0.221 e. The van der Waals surface area contributed by atoms with E-state index in [9.17, 15) is 9.18 Å². The molecule has 1 saturated heterocycles. The molecule has 0 aliphatic carbocycles. The molecule has 1 aliphatic heterocycles. The summed E-state index contributed by atoms with van der Waals surface area (Å²) in [6.45, 7) is 1.30. The molecule has 0 unspecified atom stereocenters. The molecule has 16 heavy (non-hydrogen) atoms. The fourth-order valence-corrected chi connectivity index (χ4v) is 2.20. The summed E-state index contributed by atoms with van der Waals surface area (Å²) >= 11 is 0. The van der Waals surface area contributed by atoms with Crippen LogP contribution in [0.2, 0.25) is 0 Å². The van der Waals surface area contributed by atoms with Crippen LogP contribution in [0.5, 0.6) is 0 Å². The lowest BCUT2D eigenvalue weighted by Gasteiger charge is -2.28. The second-order valence-corrected chi connectivity index (χ2v) is 4.21. The Hall–Kier alpha value is -1.42. The quantitative estimate of drug-likeness (QED) is 0.784. The van der Waals surface area contributed by atoms with Crippen molar-refractivity contribution < 1.29 is 9.18 Å². The normalized spacial score (nSPS) is 25.3. The van der Waals surface area contributed by atoms with E-state index in [0.717, 1.165) is 0 Å². The Kier molecular flexibility index (Phi) is 3.19. The molecule has 1 amide bonds. The number of amides is 1. The van der Waals surface area contributed by atoms with Gasteiger partial charge in [-0.3, -0.25) is 4.79 Å². The number of nitrogens with two attached hydrogens (primary N) is 1. The van der Waals surface area contributed by atoms with Gasteiger partial charge < -0.3 is 11.1 Å². The van der Waals surface area contributed by atoms with Crippen LogP contribution in [0.3, 0.4) is 0 Å². The number of hydrogen-bond donors (Lipinski definition) is 2. The molecule has 1 aromatic carbocycles. The van der Waals surface area contributed by atoms with E-state index in [4.69, 9.17) is 5.73 Å². The highest BCUT2D eigenvalue weighted by atomic mass is 19.1. The van der Waals surface area contributed by atoms with E-state index >= 15 is 0 Å². The zero-order chi connectivity index (χ0) is 11.5. The van der Waals surface area contributed by atoms with Crippen LogP contribution in [-0.2, 0) is 4.79 Å². The fraction of sp³-hybridized carbons (Fsp3) is 0.417. The molecule has 0 bridgehead atoms. The predicted molar refractivity (Wildman–Crippen MR) is 59.3 cm³/mol. The van der Waals surface area contributed by atoms with Crippen LogP contribution >= 0.6 is 0 Å². The van der Waals surface area contributed by atoms with Crippen LogP contribution < -0.4 is 11.1 Å². The van der Waals surface area contributed by atoms with Gasteiger partial charge in [0.05, 0.1) is 5.92 Å². The van der Waals surface area contributed by atoms with E-state index in [-0.39, 0.29) is 23.6 Å². The number of benzene rings is 1. The van der Waals surface area contributed by atoms with E-state index in [1.165, 1.54) is 6.07 Å². The van der Waals surface area contributed by atoms with Crippen molar-refractivity contribution in [1.29, 1.82) is 0 Å². The van der Waals surface area contributed by atoms with Crippen molar-refractivity contribution in [2.45, 2.75) is 12.3 Å². The summed E-state index contributed by atoms with van der Waals surface area (Å²) in [5.74, 6) is -0.682. The Labute approximate surface area is 93.8 Å². The lowest BCUT2D eigenvalue weighted by atomic mass is 9.85. The average Bonchev–Trinajstić information content (AvgIpc) is 2.30. The summed E-state index contributed by atoms with van der Waals surface area (Å²) in [4.78, 5) is 11.1. The largest absolute Gasteiger partial charge is 0.369 e. The highest BCUT2D eigenvalue weighted by molar-refractivity contribution is 5.77. The number of halogens is 1.